The third-order valence-corrected chi connectivity index (χ3v) is 5.68. The Hall–Kier alpha value is -0.240. The van der Waals surface area contributed by atoms with Gasteiger partial charge in [0.2, 0.25) is 0 Å². The Morgan fingerprint density at radius 1 is 1.16 bits per heavy atom. The van der Waals surface area contributed by atoms with E-state index in [1.807, 2.05) is 11.3 Å². The molecule has 0 amide bonds. The first-order valence-corrected chi connectivity index (χ1v) is 8.62. The summed E-state index contributed by atoms with van der Waals surface area (Å²) in [5.41, 5.74) is 1.41. The Kier molecular flexibility index (Phi) is 5.16. The molecular weight excluding hydrogens is 295 g/mol. The minimum atomic E-state index is 0.0150. The van der Waals surface area contributed by atoms with Crippen molar-refractivity contribution in [2.24, 2.45) is 11.3 Å². The molecule has 0 radical (unpaired) electrons. The van der Waals surface area contributed by atoms with Crippen molar-refractivity contribution in [2.45, 2.75) is 26.7 Å². The maximum Gasteiger partial charge on any atom is 0.0345 e. The van der Waals surface area contributed by atoms with E-state index in [0.717, 1.165) is 12.8 Å². The molecule has 0 aliphatic rings. The van der Waals surface area contributed by atoms with Crippen molar-refractivity contribution in [1.29, 1.82) is 0 Å². The number of rotatable bonds is 6. The van der Waals surface area contributed by atoms with Gasteiger partial charge in [-0.1, -0.05) is 32.0 Å². The highest BCUT2D eigenvalue weighted by Gasteiger charge is 2.30. The van der Waals surface area contributed by atoms with E-state index < -0.39 is 0 Å². The van der Waals surface area contributed by atoms with Crippen molar-refractivity contribution in [2.75, 3.05) is 11.8 Å². The van der Waals surface area contributed by atoms with Crippen molar-refractivity contribution in [3.8, 4) is 0 Å². The monoisotopic (exact) mass is 314 g/mol. The highest BCUT2D eigenvalue weighted by Crippen LogP contribution is 2.37. The molecule has 0 nitrogen and oxygen atoms in total. The molecular formula is C16H20Cl2S. The van der Waals surface area contributed by atoms with Crippen molar-refractivity contribution in [1.82, 2.24) is 0 Å². The zero-order valence-corrected chi connectivity index (χ0v) is 13.8. The Morgan fingerprint density at radius 2 is 1.84 bits per heavy atom. The molecule has 0 unspecified atom stereocenters. The second kappa shape index (κ2) is 6.47. The standard InChI is InChI=1S/C16H20Cl2S/c1-12(2)7-16(10-17,11-18)8-13-9-19-15-6-4-3-5-14(13)15/h3-6,9,12H,7-8,10-11H2,1-2H3. The largest absolute Gasteiger partial charge is 0.144 e. The Labute approximate surface area is 129 Å². The lowest BCUT2D eigenvalue weighted by atomic mass is 9.78. The summed E-state index contributed by atoms with van der Waals surface area (Å²) >= 11 is 14.3. The fourth-order valence-electron chi connectivity index (χ4n) is 2.75. The molecule has 1 aromatic carbocycles. The number of fused-ring (bicyclic) bond motifs is 1. The lowest BCUT2D eigenvalue weighted by Crippen LogP contribution is -2.29. The van der Waals surface area contributed by atoms with Gasteiger partial charge in [0.05, 0.1) is 0 Å². The van der Waals surface area contributed by atoms with Gasteiger partial charge in [0.25, 0.3) is 0 Å². The maximum atomic E-state index is 6.26. The van der Waals surface area contributed by atoms with Gasteiger partial charge in [0.15, 0.2) is 0 Å². The summed E-state index contributed by atoms with van der Waals surface area (Å²) in [6.07, 6.45) is 2.05. The Morgan fingerprint density at radius 3 is 2.47 bits per heavy atom. The summed E-state index contributed by atoms with van der Waals surface area (Å²) in [6.45, 7) is 4.47. The highest BCUT2D eigenvalue weighted by molar-refractivity contribution is 7.17. The molecule has 2 aromatic rings. The van der Waals surface area contributed by atoms with Crippen molar-refractivity contribution in [3.63, 3.8) is 0 Å². The van der Waals surface area contributed by atoms with Crippen LogP contribution in [0.4, 0.5) is 0 Å². The molecule has 0 saturated heterocycles. The molecule has 0 bridgehead atoms. The van der Waals surface area contributed by atoms with Crippen LogP contribution in [0.3, 0.4) is 0 Å². The van der Waals surface area contributed by atoms with E-state index >= 15 is 0 Å². The van der Waals surface area contributed by atoms with Gasteiger partial charge in [0.1, 0.15) is 0 Å². The molecule has 19 heavy (non-hydrogen) atoms. The first-order chi connectivity index (χ1) is 9.10. The Bertz CT molecular complexity index is 526. The van der Waals surface area contributed by atoms with Gasteiger partial charge in [-0.2, -0.15) is 0 Å². The van der Waals surface area contributed by atoms with Gasteiger partial charge < -0.3 is 0 Å². The van der Waals surface area contributed by atoms with Crippen LogP contribution < -0.4 is 0 Å². The normalized spacial score (nSPS) is 12.5. The molecule has 104 valence electrons. The van der Waals surface area contributed by atoms with Gasteiger partial charge in [-0.05, 0) is 41.2 Å². The summed E-state index contributed by atoms with van der Waals surface area (Å²) in [5, 5.41) is 3.62. The number of benzene rings is 1. The number of halogens is 2. The van der Waals surface area contributed by atoms with Crippen LogP contribution in [0.25, 0.3) is 10.1 Å². The van der Waals surface area contributed by atoms with E-state index in [2.05, 4.69) is 43.5 Å². The molecule has 0 fully saturated rings. The Balaban J connectivity index is 2.30. The number of thiophene rings is 1. The predicted molar refractivity (Wildman–Crippen MR) is 88.9 cm³/mol. The molecule has 0 N–H and O–H groups in total. The van der Waals surface area contributed by atoms with Crippen LogP contribution in [-0.2, 0) is 6.42 Å². The average molecular weight is 315 g/mol. The summed E-state index contributed by atoms with van der Waals surface area (Å²) in [7, 11) is 0. The quantitative estimate of drug-likeness (QED) is 0.577. The molecule has 0 saturated carbocycles. The number of hydrogen-bond donors (Lipinski definition) is 0. The topological polar surface area (TPSA) is 0 Å². The van der Waals surface area contributed by atoms with Gasteiger partial charge in [0, 0.05) is 21.9 Å². The summed E-state index contributed by atoms with van der Waals surface area (Å²) in [6, 6.07) is 8.57. The molecule has 3 heteroatoms. The summed E-state index contributed by atoms with van der Waals surface area (Å²) in [5.74, 6) is 1.86. The lowest BCUT2D eigenvalue weighted by molar-refractivity contribution is 0.296. The van der Waals surface area contributed by atoms with Gasteiger partial charge in [-0.3, -0.25) is 0 Å². The van der Waals surface area contributed by atoms with Gasteiger partial charge >= 0.3 is 0 Å². The van der Waals surface area contributed by atoms with Crippen LogP contribution in [0, 0.1) is 11.3 Å². The van der Waals surface area contributed by atoms with Crippen LogP contribution >= 0.6 is 34.5 Å². The first-order valence-electron chi connectivity index (χ1n) is 6.67. The van der Waals surface area contributed by atoms with E-state index in [0.29, 0.717) is 17.7 Å². The fourth-order valence-corrected chi connectivity index (χ4v) is 4.41. The van der Waals surface area contributed by atoms with E-state index in [-0.39, 0.29) is 5.41 Å². The molecule has 0 aliphatic heterocycles. The van der Waals surface area contributed by atoms with Crippen LogP contribution in [0.1, 0.15) is 25.8 Å². The zero-order valence-electron chi connectivity index (χ0n) is 11.5. The van der Waals surface area contributed by atoms with Gasteiger partial charge in [-0.25, -0.2) is 0 Å². The van der Waals surface area contributed by atoms with Crippen molar-refractivity contribution >= 4 is 44.6 Å². The van der Waals surface area contributed by atoms with Crippen molar-refractivity contribution < 1.29 is 0 Å². The van der Waals surface area contributed by atoms with Crippen LogP contribution in [0.2, 0.25) is 0 Å². The first kappa shape index (κ1) is 15.2. The van der Waals surface area contributed by atoms with Crippen molar-refractivity contribution in [3.05, 3.63) is 35.2 Å². The van der Waals surface area contributed by atoms with Crippen LogP contribution in [0.5, 0.6) is 0 Å². The highest BCUT2D eigenvalue weighted by atomic mass is 35.5. The second-order valence-electron chi connectivity index (χ2n) is 5.80. The van der Waals surface area contributed by atoms with E-state index in [9.17, 15) is 0 Å². The molecule has 0 spiro atoms. The minimum absolute atomic E-state index is 0.0150. The predicted octanol–water partition coefficient (Wildman–Crippen LogP) is 5.95. The van der Waals surface area contributed by atoms with E-state index in [4.69, 9.17) is 23.2 Å². The molecule has 1 heterocycles. The average Bonchev–Trinajstić information content (AvgIpc) is 2.81. The van der Waals surface area contributed by atoms with E-state index in [1.54, 1.807) is 0 Å². The third-order valence-electron chi connectivity index (χ3n) is 3.53. The van der Waals surface area contributed by atoms with E-state index in [1.165, 1.54) is 15.6 Å². The van der Waals surface area contributed by atoms with Crippen LogP contribution in [-0.4, -0.2) is 11.8 Å². The minimum Gasteiger partial charge on any atom is -0.144 e. The number of alkyl halides is 2. The SMILES string of the molecule is CC(C)CC(CCl)(CCl)Cc1csc2ccccc12. The van der Waals surface area contributed by atoms with Gasteiger partial charge in [-0.15, -0.1) is 34.5 Å². The smallest absolute Gasteiger partial charge is 0.0345 e. The summed E-state index contributed by atoms with van der Waals surface area (Å²) < 4.78 is 1.35. The lowest BCUT2D eigenvalue weighted by Gasteiger charge is -2.31. The number of hydrogen-bond acceptors (Lipinski definition) is 1. The maximum absolute atomic E-state index is 6.26. The molecule has 0 aliphatic carbocycles. The zero-order chi connectivity index (χ0) is 13.9. The second-order valence-corrected chi connectivity index (χ2v) is 7.24. The third kappa shape index (κ3) is 3.45. The molecule has 0 atom stereocenters. The van der Waals surface area contributed by atoms with Crippen LogP contribution in [0.15, 0.2) is 29.6 Å². The molecule has 2 rings (SSSR count). The summed E-state index contributed by atoms with van der Waals surface area (Å²) in [4.78, 5) is 0. The molecule has 1 aromatic heterocycles. The fraction of sp³-hybridized carbons (Fsp3) is 0.500.